The quantitative estimate of drug-likeness (QED) is 0.454. The van der Waals surface area contributed by atoms with Gasteiger partial charge >= 0.3 is 18.9 Å². The number of hydrogen-bond donors (Lipinski definition) is 1. The third kappa shape index (κ3) is 1.27. The van der Waals surface area contributed by atoms with Gasteiger partial charge in [-0.2, -0.15) is 0 Å². The Morgan fingerprint density at radius 3 is 1.50 bits per heavy atom. The summed E-state index contributed by atoms with van der Waals surface area (Å²) in [5, 5.41) is 10.1. The molecule has 64 valence electrons. The predicted molar refractivity (Wildman–Crippen MR) is 44.2 cm³/mol. The van der Waals surface area contributed by atoms with Crippen molar-refractivity contribution in [3.63, 3.8) is 0 Å². The second kappa shape index (κ2) is 2.77. The van der Waals surface area contributed by atoms with Gasteiger partial charge in [0.05, 0.1) is 5.60 Å². The third-order valence-corrected chi connectivity index (χ3v) is 4.01. The van der Waals surface area contributed by atoms with Gasteiger partial charge in [-0.3, -0.25) is 0 Å². The molecule has 0 saturated heterocycles. The zero-order valence-corrected chi connectivity index (χ0v) is 7.92. The Kier molecular flexibility index (Phi) is 2.11. The largest absolute Gasteiger partial charge is 1.00 e. The van der Waals surface area contributed by atoms with Crippen LogP contribution in [0.1, 0.15) is 40.0 Å². The van der Waals surface area contributed by atoms with Crippen LogP contribution in [0, 0.1) is 17.8 Å². The van der Waals surface area contributed by atoms with Crippen molar-refractivity contribution in [3.8, 4) is 0 Å². The number of aliphatic hydroxyl groups is 1. The van der Waals surface area contributed by atoms with E-state index in [-0.39, 0.29) is 25.9 Å². The summed E-state index contributed by atoms with van der Waals surface area (Å²) < 4.78 is 0. The summed E-state index contributed by atoms with van der Waals surface area (Å²) in [6.07, 6.45) is 7.66. The van der Waals surface area contributed by atoms with E-state index in [4.69, 9.17) is 0 Å². The first-order valence-corrected chi connectivity index (χ1v) is 4.96. The van der Waals surface area contributed by atoms with Crippen molar-refractivity contribution in [2.75, 3.05) is 0 Å². The molecule has 4 fully saturated rings. The van der Waals surface area contributed by atoms with Gasteiger partial charge in [-0.25, -0.2) is 0 Å². The predicted octanol–water partition coefficient (Wildman–Crippen LogP) is -0.936. The van der Waals surface area contributed by atoms with Gasteiger partial charge in [0.15, 0.2) is 0 Å². The molecule has 0 unspecified atom stereocenters. The summed E-state index contributed by atoms with van der Waals surface area (Å²) in [7, 11) is 0. The Balaban J connectivity index is 0.000000422. The minimum atomic E-state index is -0.200. The van der Waals surface area contributed by atoms with Crippen LogP contribution >= 0.6 is 0 Å². The van der Waals surface area contributed by atoms with E-state index >= 15 is 0 Å². The minimum absolute atomic E-state index is 0. The third-order valence-electron chi connectivity index (χ3n) is 4.01. The molecule has 0 aromatic carbocycles. The standard InChI is InChI=1S/C10H16O.Li.H/c11-10-4-7-1-8(5-10)3-9(2-7)6-10;;/h7-9,11H,1-6H2;;/q;+1;-1. The Morgan fingerprint density at radius 2 is 1.25 bits per heavy atom. The van der Waals surface area contributed by atoms with Gasteiger partial charge in [0.1, 0.15) is 0 Å². The van der Waals surface area contributed by atoms with Crippen LogP contribution in [-0.4, -0.2) is 10.7 Å². The van der Waals surface area contributed by atoms with E-state index in [2.05, 4.69) is 0 Å². The fourth-order valence-corrected chi connectivity index (χ4v) is 4.06. The molecular weight excluding hydrogens is 143 g/mol. The molecule has 0 aliphatic heterocycles. The number of rotatable bonds is 0. The van der Waals surface area contributed by atoms with Gasteiger partial charge in [-0.15, -0.1) is 0 Å². The smallest absolute Gasteiger partial charge is 1.00 e. The van der Waals surface area contributed by atoms with Crippen molar-refractivity contribution in [2.45, 2.75) is 44.1 Å². The van der Waals surface area contributed by atoms with Crippen LogP contribution < -0.4 is 18.9 Å². The van der Waals surface area contributed by atoms with Crippen LogP contribution in [0.15, 0.2) is 0 Å². The molecule has 0 heterocycles. The second-order valence-corrected chi connectivity index (χ2v) is 5.14. The van der Waals surface area contributed by atoms with Crippen LogP contribution in [0.4, 0.5) is 0 Å². The summed E-state index contributed by atoms with van der Waals surface area (Å²) >= 11 is 0. The molecule has 0 radical (unpaired) electrons. The van der Waals surface area contributed by atoms with Gasteiger partial charge in [-0.05, 0) is 56.3 Å². The van der Waals surface area contributed by atoms with Crippen LogP contribution in [0.2, 0.25) is 0 Å². The molecule has 0 spiro atoms. The average Bonchev–Trinajstić information content (AvgIpc) is 1.79. The van der Waals surface area contributed by atoms with Crippen molar-refractivity contribution in [3.05, 3.63) is 0 Å². The molecule has 0 aromatic rings. The molecule has 4 aliphatic rings. The average molecular weight is 160 g/mol. The maximum Gasteiger partial charge on any atom is 1.00 e. The topological polar surface area (TPSA) is 20.2 Å². The molecule has 0 aromatic heterocycles. The summed E-state index contributed by atoms with van der Waals surface area (Å²) in [6, 6.07) is 0. The van der Waals surface area contributed by atoms with Crippen molar-refractivity contribution in [1.82, 2.24) is 0 Å². The molecule has 4 rings (SSSR count). The summed E-state index contributed by atoms with van der Waals surface area (Å²) in [5.41, 5.74) is -0.200. The molecule has 1 N–H and O–H groups in total. The minimum Gasteiger partial charge on any atom is -1.00 e. The summed E-state index contributed by atoms with van der Waals surface area (Å²) in [5.74, 6) is 2.68. The van der Waals surface area contributed by atoms with Gasteiger partial charge in [0.2, 0.25) is 0 Å². The SMILES string of the molecule is OC12CC3CC(CC(C3)C1)C2.[H-].[Li+]. The maximum absolute atomic E-state index is 10.1. The monoisotopic (exact) mass is 160 g/mol. The second-order valence-electron chi connectivity index (χ2n) is 5.14. The summed E-state index contributed by atoms with van der Waals surface area (Å²) in [4.78, 5) is 0. The fourth-order valence-electron chi connectivity index (χ4n) is 4.06. The Bertz CT molecular complexity index is 160. The van der Waals surface area contributed by atoms with Crippen LogP contribution in [-0.2, 0) is 0 Å². The van der Waals surface area contributed by atoms with Crippen molar-refractivity contribution in [2.24, 2.45) is 17.8 Å². The zero-order chi connectivity index (χ0) is 7.47. The Morgan fingerprint density at radius 1 is 0.917 bits per heavy atom. The first-order chi connectivity index (χ1) is 5.23. The van der Waals surface area contributed by atoms with E-state index in [0.29, 0.717) is 0 Å². The van der Waals surface area contributed by atoms with Gasteiger partial charge in [-0.1, -0.05) is 0 Å². The molecule has 2 heteroatoms. The fraction of sp³-hybridized carbons (Fsp3) is 1.00. The van der Waals surface area contributed by atoms with Crippen LogP contribution in [0.25, 0.3) is 0 Å². The van der Waals surface area contributed by atoms with E-state index in [9.17, 15) is 5.11 Å². The molecule has 4 saturated carbocycles. The normalized spacial score (nSPS) is 55.2. The molecule has 12 heavy (non-hydrogen) atoms. The Hall–Kier alpha value is 0.557. The zero-order valence-electron chi connectivity index (χ0n) is 8.92. The molecule has 0 amide bonds. The van der Waals surface area contributed by atoms with E-state index in [1.165, 1.54) is 19.3 Å². The van der Waals surface area contributed by atoms with Gasteiger partial charge in [0.25, 0.3) is 0 Å². The maximum atomic E-state index is 10.1. The first-order valence-electron chi connectivity index (χ1n) is 4.96. The molecule has 1 nitrogen and oxygen atoms in total. The molecular formula is C10H17LiO. The van der Waals surface area contributed by atoms with Gasteiger partial charge in [0, 0.05) is 0 Å². The van der Waals surface area contributed by atoms with Crippen LogP contribution in [0.3, 0.4) is 0 Å². The van der Waals surface area contributed by atoms with Crippen molar-refractivity contribution in [1.29, 1.82) is 0 Å². The van der Waals surface area contributed by atoms with Crippen molar-refractivity contribution < 1.29 is 25.4 Å². The van der Waals surface area contributed by atoms with E-state index in [1.807, 2.05) is 0 Å². The van der Waals surface area contributed by atoms with Gasteiger partial charge < -0.3 is 6.53 Å². The van der Waals surface area contributed by atoms with Crippen LogP contribution in [0.5, 0.6) is 0 Å². The Labute approximate surface area is 87.6 Å². The number of hydrogen-bond acceptors (Lipinski definition) is 1. The van der Waals surface area contributed by atoms with Crippen molar-refractivity contribution >= 4 is 0 Å². The van der Waals surface area contributed by atoms with E-state index in [0.717, 1.165) is 37.0 Å². The molecule has 0 atom stereocenters. The van der Waals surface area contributed by atoms with E-state index in [1.54, 1.807) is 0 Å². The first kappa shape index (κ1) is 9.13. The molecule has 4 aliphatic carbocycles. The summed E-state index contributed by atoms with van der Waals surface area (Å²) in [6.45, 7) is 0. The molecule has 4 bridgehead atoms. The van der Waals surface area contributed by atoms with E-state index < -0.39 is 0 Å².